The Bertz CT molecular complexity index is 812. The molecular weight excluding hydrogens is 286 g/mol. The molecule has 2 aromatic carbocycles. The Kier molecular flexibility index (Phi) is 4.10. The van der Waals surface area contributed by atoms with Crippen molar-refractivity contribution in [3.63, 3.8) is 0 Å². The highest BCUT2D eigenvalue weighted by Gasteiger charge is 2.09. The molecule has 0 saturated carbocycles. The van der Waals surface area contributed by atoms with Gasteiger partial charge in [-0.25, -0.2) is 9.97 Å². The normalized spacial score (nSPS) is 10.3. The van der Waals surface area contributed by atoms with Gasteiger partial charge in [0.25, 0.3) is 0 Å². The fourth-order valence-electron chi connectivity index (χ4n) is 2.21. The van der Waals surface area contributed by atoms with Crippen LogP contribution in [0.3, 0.4) is 0 Å². The van der Waals surface area contributed by atoms with Crippen LogP contribution < -0.4 is 16.4 Å². The van der Waals surface area contributed by atoms with E-state index in [0.29, 0.717) is 17.3 Å². The Balaban J connectivity index is 1.86. The summed E-state index contributed by atoms with van der Waals surface area (Å²) in [6, 6.07) is 16.0. The average Bonchev–Trinajstić information content (AvgIpc) is 2.55. The van der Waals surface area contributed by atoms with E-state index < -0.39 is 0 Å². The van der Waals surface area contributed by atoms with Crippen LogP contribution in [0.1, 0.15) is 11.1 Å². The largest absolute Gasteiger partial charge is 0.393 e. The first-order valence-electron chi connectivity index (χ1n) is 7.40. The minimum atomic E-state index is 0.483. The highest BCUT2D eigenvalue weighted by molar-refractivity contribution is 5.80. The highest BCUT2D eigenvalue weighted by Crippen LogP contribution is 2.29. The molecule has 1 heterocycles. The molecule has 0 aliphatic carbocycles. The maximum Gasteiger partial charge on any atom is 0.159 e. The zero-order chi connectivity index (χ0) is 16.2. The Morgan fingerprint density at radius 2 is 1.48 bits per heavy atom. The van der Waals surface area contributed by atoms with Crippen molar-refractivity contribution in [1.29, 1.82) is 0 Å². The van der Waals surface area contributed by atoms with E-state index in [-0.39, 0.29) is 0 Å². The number of nitrogens with two attached hydrogens (primary N) is 1. The number of para-hydroxylation sites is 1. The van der Waals surface area contributed by atoms with Gasteiger partial charge in [0.2, 0.25) is 0 Å². The minimum Gasteiger partial charge on any atom is -0.393 e. The molecule has 0 aliphatic heterocycles. The van der Waals surface area contributed by atoms with Crippen LogP contribution in [-0.4, -0.2) is 9.97 Å². The Hall–Kier alpha value is -3.08. The first-order chi connectivity index (χ1) is 11.1. The van der Waals surface area contributed by atoms with E-state index in [9.17, 15) is 0 Å². The molecule has 0 radical (unpaired) electrons. The van der Waals surface area contributed by atoms with E-state index in [1.807, 2.05) is 62.4 Å². The van der Waals surface area contributed by atoms with Crippen LogP contribution in [-0.2, 0) is 0 Å². The first kappa shape index (κ1) is 14.8. The molecule has 0 fully saturated rings. The maximum absolute atomic E-state index is 6.21. The molecule has 0 unspecified atom stereocenters. The van der Waals surface area contributed by atoms with Gasteiger partial charge in [0.15, 0.2) is 11.6 Å². The third kappa shape index (κ3) is 3.40. The molecule has 1 aromatic heterocycles. The molecule has 0 amide bonds. The molecule has 5 nitrogen and oxygen atoms in total. The van der Waals surface area contributed by atoms with Crippen molar-refractivity contribution >= 4 is 28.7 Å². The summed E-state index contributed by atoms with van der Waals surface area (Å²) in [6.07, 6.45) is 1.49. The molecular formula is C18H19N5. The fourth-order valence-corrected chi connectivity index (χ4v) is 2.21. The number of hydrogen-bond acceptors (Lipinski definition) is 5. The fraction of sp³-hybridized carbons (Fsp3) is 0.111. The summed E-state index contributed by atoms with van der Waals surface area (Å²) in [5.74, 6) is 1.17. The van der Waals surface area contributed by atoms with Crippen LogP contribution in [0, 0.1) is 13.8 Å². The molecule has 3 aromatic rings. The summed E-state index contributed by atoms with van der Waals surface area (Å²) in [5, 5.41) is 6.48. The lowest BCUT2D eigenvalue weighted by atomic mass is 10.2. The number of hydrogen-bond donors (Lipinski definition) is 3. The second-order valence-electron chi connectivity index (χ2n) is 5.42. The van der Waals surface area contributed by atoms with E-state index in [4.69, 9.17) is 5.73 Å². The van der Waals surface area contributed by atoms with Crippen molar-refractivity contribution in [1.82, 2.24) is 9.97 Å². The minimum absolute atomic E-state index is 0.483. The molecule has 0 aliphatic rings. The third-order valence-electron chi connectivity index (χ3n) is 3.60. The first-order valence-corrected chi connectivity index (χ1v) is 7.40. The molecule has 23 heavy (non-hydrogen) atoms. The van der Waals surface area contributed by atoms with E-state index in [1.54, 1.807) is 0 Å². The van der Waals surface area contributed by atoms with Crippen LogP contribution >= 0.6 is 0 Å². The van der Waals surface area contributed by atoms with Gasteiger partial charge in [-0.2, -0.15) is 0 Å². The topological polar surface area (TPSA) is 75.9 Å². The van der Waals surface area contributed by atoms with Gasteiger partial charge in [0.05, 0.1) is 0 Å². The summed E-state index contributed by atoms with van der Waals surface area (Å²) in [7, 11) is 0. The maximum atomic E-state index is 6.21. The second-order valence-corrected chi connectivity index (χ2v) is 5.42. The van der Waals surface area contributed by atoms with Gasteiger partial charge in [-0.1, -0.05) is 35.9 Å². The van der Waals surface area contributed by atoms with Gasteiger partial charge < -0.3 is 16.4 Å². The van der Waals surface area contributed by atoms with Crippen LogP contribution in [0.5, 0.6) is 0 Å². The highest BCUT2D eigenvalue weighted by atomic mass is 15.1. The van der Waals surface area contributed by atoms with Gasteiger partial charge in [-0.05, 0) is 37.6 Å². The average molecular weight is 305 g/mol. The van der Waals surface area contributed by atoms with Crippen molar-refractivity contribution in [3.05, 3.63) is 66.0 Å². The van der Waals surface area contributed by atoms with Crippen LogP contribution in [0.2, 0.25) is 0 Å². The van der Waals surface area contributed by atoms with Crippen LogP contribution in [0.25, 0.3) is 0 Å². The number of aryl methyl sites for hydroxylation is 2. The summed E-state index contributed by atoms with van der Waals surface area (Å²) >= 11 is 0. The summed E-state index contributed by atoms with van der Waals surface area (Å²) in [5.41, 5.74) is 10.9. The zero-order valence-corrected chi connectivity index (χ0v) is 13.2. The Morgan fingerprint density at radius 3 is 2.17 bits per heavy atom. The van der Waals surface area contributed by atoms with E-state index >= 15 is 0 Å². The van der Waals surface area contributed by atoms with Crippen molar-refractivity contribution in [3.8, 4) is 0 Å². The molecule has 116 valence electrons. The molecule has 3 rings (SSSR count). The number of nitrogens with one attached hydrogen (secondary N) is 2. The van der Waals surface area contributed by atoms with Crippen LogP contribution in [0.15, 0.2) is 54.9 Å². The number of rotatable bonds is 4. The number of aromatic nitrogens is 2. The number of nitrogens with zero attached hydrogens (tertiary/aromatic N) is 2. The lowest BCUT2D eigenvalue weighted by molar-refractivity contribution is 1.17. The van der Waals surface area contributed by atoms with Gasteiger partial charge in [0.1, 0.15) is 12.0 Å². The standard InChI is InChI=1S/C18H19N5/c1-12-7-9-14(10-8-12)22-17-16(19)18(21-11-20-17)23-15-6-4-3-5-13(15)2/h3-11H,19H2,1-2H3,(H2,20,21,22,23). The van der Waals surface area contributed by atoms with Gasteiger partial charge in [0, 0.05) is 11.4 Å². The molecule has 0 spiro atoms. The number of anilines is 5. The van der Waals surface area contributed by atoms with E-state index in [2.05, 4.69) is 20.6 Å². The predicted octanol–water partition coefficient (Wildman–Crippen LogP) is 4.16. The second kappa shape index (κ2) is 6.36. The van der Waals surface area contributed by atoms with Gasteiger partial charge in [-0.15, -0.1) is 0 Å². The van der Waals surface area contributed by atoms with Crippen molar-refractivity contribution in [2.75, 3.05) is 16.4 Å². The van der Waals surface area contributed by atoms with Crippen LogP contribution in [0.4, 0.5) is 28.7 Å². The molecule has 0 atom stereocenters. The molecule has 5 heteroatoms. The monoisotopic (exact) mass is 305 g/mol. The summed E-state index contributed by atoms with van der Waals surface area (Å²) in [4.78, 5) is 8.48. The van der Waals surface area contributed by atoms with Crippen molar-refractivity contribution in [2.45, 2.75) is 13.8 Å². The Labute approximate surface area is 135 Å². The summed E-state index contributed by atoms with van der Waals surface area (Å²) in [6.45, 7) is 4.08. The third-order valence-corrected chi connectivity index (χ3v) is 3.60. The van der Waals surface area contributed by atoms with E-state index in [1.165, 1.54) is 11.9 Å². The Morgan fingerprint density at radius 1 is 0.826 bits per heavy atom. The SMILES string of the molecule is Cc1ccc(Nc2ncnc(Nc3ccccc3C)c2N)cc1. The zero-order valence-electron chi connectivity index (χ0n) is 13.2. The van der Waals surface area contributed by atoms with Crippen molar-refractivity contribution in [2.24, 2.45) is 0 Å². The summed E-state index contributed by atoms with van der Waals surface area (Å²) < 4.78 is 0. The number of nitrogen functional groups attached to an aromatic ring is 1. The number of benzene rings is 2. The molecule has 0 saturated heterocycles. The predicted molar refractivity (Wildman–Crippen MR) is 95.4 cm³/mol. The van der Waals surface area contributed by atoms with Gasteiger partial charge >= 0.3 is 0 Å². The van der Waals surface area contributed by atoms with E-state index in [0.717, 1.165) is 16.9 Å². The molecule has 4 N–H and O–H groups in total. The van der Waals surface area contributed by atoms with Gasteiger partial charge in [-0.3, -0.25) is 0 Å². The molecule has 0 bridgehead atoms. The van der Waals surface area contributed by atoms with Crippen molar-refractivity contribution < 1.29 is 0 Å². The quantitative estimate of drug-likeness (QED) is 0.674. The lowest BCUT2D eigenvalue weighted by Crippen LogP contribution is -2.05. The lowest BCUT2D eigenvalue weighted by Gasteiger charge is -2.13. The smallest absolute Gasteiger partial charge is 0.159 e.